The summed E-state index contributed by atoms with van der Waals surface area (Å²) in [4.78, 5) is 0. The molecule has 88 valence electrons. The summed E-state index contributed by atoms with van der Waals surface area (Å²) in [6.45, 7) is 0.152. The van der Waals surface area contributed by atoms with Gasteiger partial charge in [0.05, 0.1) is 5.69 Å². The molecule has 2 aromatic carbocycles. The number of hydrogen-bond donors (Lipinski definition) is 2. The molecule has 0 heterocycles. The Morgan fingerprint density at radius 2 is 1.94 bits per heavy atom. The highest BCUT2D eigenvalue weighted by Crippen LogP contribution is 2.25. The predicted octanol–water partition coefficient (Wildman–Crippen LogP) is 2.69. The zero-order chi connectivity index (χ0) is 12.3. The van der Waals surface area contributed by atoms with Gasteiger partial charge in [0.15, 0.2) is 11.6 Å². The number of rotatable bonds is 3. The molecule has 0 radical (unpaired) electrons. The number of phenols is 1. The largest absolute Gasteiger partial charge is 0.508 e. The molecule has 0 aliphatic carbocycles. The molecule has 0 atom stereocenters. The van der Waals surface area contributed by atoms with Crippen molar-refractivity contribution in [3.8, 4) is 11.5 Å². The lowest BCUT2D eigenvalue weighted by Crippen LogP contribution is -2.00. The van der Waals surface area contributed by atoms with Gasteiger partial charge in [0.2, 0.25) is 0 Å². The summed E-state index contributed by atoms with van der Waals surface area (Å²) in [5, 5.41) is 9.27. The van der Waals surface area contributed by atoms with Crippen molar-refractivity contribution in [1.29, 1.82) is 0 Å². The number of nitrogens with two attached hydrogens (primary N) is 1. The van der Waals surface area contributed by atoms with Gasteiger partial charge in [-0.1, -0.05) is 18.2 Å². The molecular formula is C13H12FNO2. The third-order valence-corrected chi connectivity index (χ3v) is 2.29. The van der Waals surface area contributed by atoms with E-state index in [0.29, 0.717) is 0 Å². The Hall–Kier alpha value is -2.23. The van der Waals surface area contributed by atoms with Gasteiger partial charge in [-0.2, -0.15) is 0 Å². The summed E-state index contributed by atoms with van der Waals surface area (Å²) >= 11 is 0. The van der Waals surface area contributed by atoms with Crippen LogP contribution in [0.25, 0.3) is 0 Å². The van der Waals surface area contributed by atoms with Crippen LogP contribution in [0.1, 0.15) is 5.56 Å². The normalized spacial score (nSPS) is 10.2. The lowest BCUT2D eigenvalue weighted by molar-refractivity contribution is 0.291. The topological polar surface area (TPSA) is 55.5 Å². The first kappa shape index (κ1) is 11.3. The van der Waals surface area contributed by atoms with Crippen LogP contribution in [0.15, 0.2) is 42.5 Å². The molecule has 0 fully saturated rings. The molecule has 0 bridgehead atoms. The van der Waals surface area contributed by atoms with E-state index in [0.717, 1.165) is 5.56 Å². The lowest BCUT2D eigenvalue weighted by atomic mass is 10.2. The minimum atomic E-state index is -0.495. The first-order valence-electron chi connectivity index (χ1n) is 5.11. The van der Waals surface area contributed by atoms with Crippen molar-refractivity contribution in [2.45, 2.75) is 6.61 Å². The van der Waals surface area contributed by atoms with E-state index in [1.165, 1.54) is 12.1 Å². The van der Waals surface area contributed by atoms with E-state index >= 15 is 0 Å². The van der Waals surface area contributed by atoms with Gasteiger partial charge < -0.3 is 15.6 Å². The minimum Gasteiger partial charge on any atom is -0.508 e. The molecule has 0 amide bonds. The fourth-order valence-corrected chi connectivity index (χ4v) is 1.48. The Balaban J connectivity index is 2.13. The van der Waals surface area contributed by atoms with E-state index in [9.17, 15) is 9.50 Å². The highest BCUT2D eigenvalue weighted by atomic mass is 19.1. The Morgan fingerprint density at radius 1 is 1.18 bits per heavy atom. The van der Waals surface area contributed by atoms with Crippen LogP contribution in [0.4, 0.5) is 10.1 Å². The average Bonchev–Trinajstić information content (AvgIpc) is 2.28. The number of ether oxygens (including phenoxy) is 1. The maximum atomic E-state index is 13.4. The Bertz CT molecular complexity index is 508. The molecule has 2 aromatic rings. The SMILES string of the molecule is Nc1cccc(F)c1OCc1cccc(O)c1. The van der Waals surface area contributed by atoms with E-state index in [1.54, 1.807) is 30.3 Å². The number of benzene rings is 2. The van der Waals surface area contributed by atoms with E-state index in [1.807, 2.05) is 0 Å². The molecule has 0 saturated carbocycles. The summed E-state index contributed by atoms with van der Waals surface area (Å²) in [7, 11) is 0. The van der Waals surface area contributed by atoms with Crippen LogP contribution in [0, 0.1) is 5.82 Å². The maximum Gasteiger partial charge on any atom is 0.178 e. The van der Waals surface area contributed by atoms with Crippen molar-refractivity contribution in [3.63, 3.8) is 0 Å². The predicted molar refractivity (Wildman–Crippen MR) is 63.3 cm³/mol. The molecule has 0 saturated heterocycles. The third-order valence-electron chi connectivity index (χ3n) is 2.29. The van der Waals surface area contributed by atoms with Crippen molar-refractivity contribution >= 4 is 5.69 Å². The number of phenolic OH excluding ortho intramolecular Hbond substituents is 1. The van der Waals surface area contributed by atoms with Crippen LogP contribution >= 0.6 is 0 Å². The molecule has 0 spiro atoms. The van der Waals surface area contributed by atoms with E-state index < -0.39 is 5.82 Å². The molecule has 0 aliphatic rings. The fourth-order valence-electron chi connectivity index (χ4n) is 1.48. The monoisotopic (exact) mass is 233 g/mol. The molecule has 3 N–H and O–H groups in total. The average molecular weight is 233 g/mol. The Morgan fingerprint density at radius 3 is 2.65 bits per heavy atom. The van der Waals surface area contributed by atoms with Gasteiger partial charge in [0.1, 0.15) is 12.4 Å². The molecule has 4 heteroatoms. The first-order chi connectivity index (χ1) is 8.16. The highest BCUT2D eigenvalue weighted by Gasteiger charge is 2.07. The first-order valence-corrected chi connectivity index (χ1v) is 5.11. The number of hydrogen-bond acceptors (Lipinski definition) is 3. The van der Waals surface area contributed by atoms with Crippen molar-refractivity contribution in [2.75, 3.05) is 5.73 Å². The zero-order valence-electron chi connectivity index (χ0n) is 9.06. The van der Waals surface area contributed by atoms with Crippen molar-refractivity contribution in [2.24, 2.45) is 0 Å². The van der Waals surface area contributed by atoms with E-state index in [4.69, 9.17) is 10.5 Å². The van der Waals surface area contributed by atoms with Gasteiger partial charge in [-0.05, 0) is 29.8 Å². The van der Waals surface area contributed by atoms with Gasteiger partial charge in [-0.15, -0.1) is 0 Å². The molecule has 3 nitrogen and oxygen atoms in total. The molecular weight excluding hydrogens is 221 g/mol. The summed E-state index contributed by atoms with van der Waals surface area (Å²) in [6.07, 6.45) is 0. The van der Waals surface area contributed by atoms with Gasteiger partial charge in [-0.25, -0.2) is 4.39 Å². The quantitative estimate of drug-likeness (QED) is 0.801. The van der Waals surface area contributed by atoms with Gasteiger partial charge in [-0.3, -0.25) is 0 Å². The smallest absolute Gasteiger partial charge is 0.178 e. The van der Waals surface area contributed by atoms with Crippen LogP contribution in [0.3, 0.4) is 0 Å². The number of anilines is 1. The molecule has 2 rings (SSSR count). The standard InChI is InChI=1S/C13H12FNO2/c14-11-5-2-6-12(15)13(11)17-8-9-3-1-4-10(16)7-9/h1-7,16H,8,15H2. The van der Waals surface area contributed by atoms with Gasteiger partial charge >= 0.3 is 0 Å². The fraction of sp³-hybridized carbons (Fsp3) is 0.0769. The summed E-state index contributed by atoms with van der Waals surface area (Å²) in [6, 6.07) is 11.0. The molecule has 0 aromatic heterocycles. The van der Waals surface area contributed by atoms with E-state index in [2.05, 4.69) is 0 Å². The Labute approximate surface area is 98.3 Å². The van der Waals surface area contributed by atoms with Crippen molar-refractivity contribution in [1.82, 2.24) is 0 Å². The summed E-state index contributed by atoms with van der Waals surface area (Å²) < 4.78 is 18.7. The van der Waals surface area contributed by atoms with Crippen molar-refractivity contribution < 1.29 is 14.2 Å². The number of aromatic hydroxyl groups is 1. The third kappa shape index (κ3) is 2.66. The van der Waals surface area contributed by atoms with Gasteiger partial charge in [0.25, 0.3) is 0 Å². The van der Waals surface area contributed by atoms with Crippen LogP contribution in [0.5, 0.6) is 11.5 Å². The van der Waals surface area contributed by atoms with E-state index in [-0.39, 0.29) is 23.8 Å². The second-order valence-electron chi connectivity index (χ2n) is 3.62. The second-order valence-corrected chi connectivity index (χ2v) is 3.62. The van der Waals surface area contributed by atoms with Crippen LogP contribution in [-0.4, -0.2) is 5.11 Å². The number of nitrogen functional groups attached to an aromatic ring is 1. The number of halogens is 1. The number of para-hydroxylation sites is 1. The summed E-state index contributed by atoms with van der Waals surface area (Å²) in [5.41, 5.74) is 6.60. The van der Waals surface area contributed by atoms with Crippen LogP contribution in [0.2, 0.25) is 0 Å². The van der Waals surface area contributed by atoms with Crippen LogP contribution in [-0.2, 0) is 6.61 Å². The maximum absolute atomic E-state index is 13.4. The zero-order valence-corrected chi connectivity index (χ0v) is 9.06. The summed E-state index contributed by atoms with van der Waals surface area (Å²) in [5.74, 6) is -0.311. The van der Waals surface area contributed by atoms with Crippen molar-refractivity contribution in [3.05, 3.63) is 53.8 Å². The van der Waals surface area contributed by atoms with Gasteiger partial charge in [0, 0.05) is 0 Å². The highest BCUT2D eigenvalue weighted by molar-refractivity contribution is 5.52. The van der Waals surface area contributed by atoms with Crippen LogP contribution < -0.4 is 10.5 Å². The second kappa shape index (κ2) is 4.74. The molecule has 0 aliphatic heterocycles. The minimum absolute atomic E-state index is 0.0378. The Kier molecular flexibility index (Phi) is 3.14. The lowest BCUT2D eigenvalue weighted by Gasteiger charge is -2.09. The molecule has 0 unspecified atom stereocenters. The molecule has 17 heavy (non-hydrogen) atoms.